The van der Waals surface area contributed by atoms with Gasteiger partial charge in [0.1, 0.15) is 5.69 Å². The van der Waals surface area contributed by atoms with E-state index in [1.54, 1.807) is 6.07 Å². The molecular weight excluding hydrogens is 314 g/mol. The van der Waals surface area contributed by atoms with Gasteiger partial charge in [0.25, 0.3) is 0 Å². The molecule has 0 aliphatic heterocycles. The SMILES string of the molecule is CC(C)COC(=O)c1cccc2cc3c(nc12)C(=O)c1ccccc1-3. The van der Waals surface area contributed by atoms with E-state index >= 15 is 0 Å². The molecule has 0 N–H and O–H groups in total. The number of ketones is 1. The van der Waals surface area contributed by atoms with Crippen molar-refractivity contribution in [2.24, 2.45) is 5.92 Å². The molecule has 1 aliphatic rings. The van der Waals surface area contributed by atoms with Crippen molar-refractivity contribution >= 4 is 22.7 Å². The number of hydrogen-bond acceptors (Lipinski definition) is 4. The van der Waals surface area contributed by atoms with E-state index in [0.29, 0.717) is 28.9 Å². The largest absolute Gasteiger partial charge is 0.462 e. The summed E-state index contributed by atoms with van der Waals surface area (Å²) in [7, 11) is 0. The average Bonchev–Trinajstić information content (AvgIpc) is 2.90. The molecule has 1 aliphatic carbocycles. The number of aromatic nitrogens is 1. The molecule has 0 atom stereocenters. The summed E-state index contributed by atoms with van der Waals surface area (Å²) >= 11 is 0. The van der Waals surface area contributed by atoms with E-state index in [1.807, 2.05) is 56.3 Å². The zero-order valence-electron chi connectivity index (χ0n) is 14.1. The lowest BCUT2D eigenvalue weighted by molar-refractivity contribution is 0.0461. The topological polar surface area (TPSA) is 56.3 Å². The minimum Gasteiger partial charge on any atom is -0.462 e. The van der Waals surface area contributed by atoms with Crippen molar-refractivity contribution in [2.75, 3.05) is 6.61 Å². The van der Waals surface area contributed by atoms with Crippen LogP contribution in [0.3, 0.4) is 0 Å². The minimum atomic E-state index is -0.408. The van der Waals surface area contributed by atoms with Crippen LogP contribution in [0.2, 0.25) is 0 Å². The Morgan fingerprint density at radius 2 is 1.80 bits per heavy atom. The van der Waals surface area contributed by atoms with Gasteiger partial charge in [0, 0.05) is 16.5 Å². The molecule has 0 amide bonds. The normalized spacial score (nSPS) is 12.4. The lowest BCUT2D eigenvalue weighted by Gasteiger charge is -2.10. The van der Waals surface area contributed by atoms with Gasteiger partial charge in [-0.25, -0.2) is 9.78 Å². The second-order valence-corrected chi connectivity index (χ2v) is 6.63. The molecule has 1 heterocycles. The smallest absolute Gasteiger partial charge is 0.340 e. The van der Waals surface area contributed by atoms with Gasteiger partial charge in [0.05, 0.1) is 17.7 Å². The third kappa shape index (κ3) is 2.50. The van der Waals surface area contributed by atoms with Gasteiger partial charge in [-0.2, -0.15) is 0 Å². The minimum absolute atomic E-state index is 0.0992. The molecule has 124 valence electrons. The van der Waals surface area contributed by atoms with Gasteiger partial charge < -0.3 is 4.74 Å². The van der Waals surface area contributed by atoms with Crippen LogP contribution in [0.15, 0.2) is 48.5 Å². The molecule has 4 heteroatoms. The number of hydrogen-bond donors (Lipinski definition) is 0. The van der Waals surface area contributed by atoms with Gasteiger partial charge in [-0.05, 0) is 23.6 Å². The summed E-state index contributed by atoms with van der Waals surface area (Å²) in [4.78, 5) is 29.6. The molecule has 0 bridgehead atoms. The molecular formula is C21H17NO3. The van der Waals surface area contributed by atoms with Crippen molar-refractivity contribution in [1.29, 1.82) is 0 Å². The van der Waals surface area contributed by atoms with E-state index in [1.165, 1.54) is 0 Å². The summed E-state index contributed by atoms with van der Waals surface area (Å²) in [6.07, 6.45) is 0. The molecule has 0 saturated heterocycles. The van der Waals surface area contributed by atoms with Crippen molar-refractivity contribution in [2.45, 2.75) is 13.8 Å². The molecule has 2 aromatic carbocycles. The van der Waals surface area contributed by atoms with E-state index in [-0.39, 0.29) is 11.7 Å². The maximum absolute atomic E-state index is 12.6. The Labute approximate surface area is 145 Å². The molecule has 0 saturated carbocycles. The number of carbonyl (C=O) groups excluding carboxylic acids is 2. The Hall–Kier alpha value is -3.01. The Balaban J connectivity index is 1.86. The highest BCUT2D eigenvalue weighted by molar-refractivity contribution is 6.22. The van der Waals surface area contributed by atoms with Crippen LogP contribution >= 0.6 is 0 Å². The first-order valence-electron chi connectivity index (χ1n) is 8.31. The lowest BCUT2D eigenvalue weighted by Crippen LogP contribution is -2.11. The highest BCUT2D eigenvalue weighted by atomic mass is 16.5. The van der Waals surface area contributed by atoms with Crippen LogP contribution in [0.4, 0.5) is 0 Å². The Morgan fingerprint density at radius 1 is 1.04 bits per heavy atom. The summed E-state index contributed by atoms with van der Waals surface area (Å²) < 4.78 is 5.34. The van der Waals surface area contributed by atoms with Crippen molar-refractivity contribution < 1.29 is 14.3 Å². The van der Waals surface area contributed by atoms with Crippen molar-refractivity contribution in [3.8, 4) is 11.1 Å². The first kappa shape index (κ1) is 15.5. The van der Waals surface area contributed by atoms with E-state index in [0.717, 1.165) is 16.5 Å². The second-order valence-electron chi connectivity index (χ2n) is 6.63. The van der Waals surface area contributed by atoms with E-state index in [9.17, 15) is 9.59 Å². The molecule has 1 aromatic heterocycles. The number of nitrogens with zero attached hydrogens (tertiary/aromatic N) is 1. The maximum atomic E-state index is 12.6. The van der Waals surface area contributed by atoms with Crippen LogP contribution in [0.1, 0.15) is 40.3 Å². The maximum Gasteiger partial charge on any atom is 0.340 e. The van der Waals surface area contributed by atoms with Crippen LogP contribution in [-0.2, 0) is 4.74 Å². The van der Waals surface area contributed by atoms with E-state index in [4.69, 9.17) is 4.74 Å². The van der Waals surface area contributed by atoms with E-state index in [2.05, 4.69) is 4.98 Å². The molecule has 0 radical (unpaired) electrons. The van der Waals surface area contributed by atoms with Crippen LogP contribution in [-0.4, -0.2) is 23.3 Å². The van der Waals surface area contributed by atoms with Gasteiger partial charge in [-0.1, -0.05) is 50.2 Å². The molecule has 4 nitrogen and oxygen atoms in total. The Bertz CT molecular complexity index is 1020. The second kappa shape index (κ2) is 5.81. The molecule has 3 aromatic rings. The fourth-order valence-electron chi connectivity index (χ4n) is 3.11. The van der Waals surface area contributed by atoms with Crippen molar-refractivity contribution in [3.63, 3.8) is 0 Å². The number of para-hydroxylation sites is 1. The first-order valence-corrected chi connectivity index (χ1v) is 8.31. The quantitative estimate of drug-likeness (QED) is 0.526. The molecule has 0 unspecified atom stereocenters. The van der Waals surface area contributed by atoms with Gasteiger partial charge in [-0.3, -0.25) is 4.79 Å². The number of pyridine rings is 1. The third-order valence-corrected chi connectivity index (χ3v) is 4.29. The highest BCUT2D eigenvalue weighted by Crippen LogP contribution is 2.37. The van der Waals surface area contributed by atoms with Crippen LogP contribution < -0.4 is 0 Å². The predicted molar refractivity (Wildman–Crippen MR) is 95.7 cm³/mol. The predicted octanol–water partition coefficient (Wildman–Crippen LogP) is 4.26. The zero-order chi connectivity index (χ0) is 17.6. The summed E-state index contributed by atoms with van der Waals surface area (Å²) in [5, 5.41) is 0.822. The number of carbonyl (C=O) groups is 2. The van der Waals surface area contributed by atoms with Gasteiger partial charge in [-0.15, -0.1) is 0 Å². The van der Waals surface area contributed by atoms with Crippen LogP contribution in [0.25, 0.3) is 22.0 Å². The van der Waals surface area contributed by atoms with Crippen LogP contribution in [0.5, 0.6) is 0 Å². The van der Waals surface area contributed by atoms with Crippen molar-refractivity contribution in [3.05, 3.63) is 65.4 Å². The highest BCUT2D eigenvalue weighted by Gasteiger charge is 2.29. The number of esters is 1. The fraction of sp³-hybridized carbons (Fsp3) is 0.190. The summed E-state index contributed by atoms with van der Waals surface area (Å²) in [6.45, 7) is 4.32. The number of fused-ring (bicyclic) bond motifs is 4. The molecule has 4 rings (SSSR count). The average molecular weight is 331 g/mol. The third-order valence-electron chi connectivity index (χ3n) is 4.29. The monoisotopic (exact) mass is 331 g/mol. The zero-order valence-corrected chi connectivity index (χ0v) is 14.1. The molecule has 25 heavy (non-hydrogen) atoms. The van der Waals surface area contributed by atoms with Gasteiger partial charge in [0.15, 0.2) is 0 Å². The number of rotatable bonds is 3. The molecule has 0 fully saturated rings. The Kier molecular flexibility index (Phi) is 3.61. The number of benzene rings is 2. The van der Waals surface area contributed by atoms with Gasteiger partial charge in [0.2, 0.25) is 5.78 Å². The van der Waals surface area contributed by atoms with Crippen molar-refractivity contribution in [1.82, 2.24) is 4.98 Å². The van der Waals surface area contributed by atoms with Gasteiger partial charge >= 0.3 is 5.97 Å². The summed E-state index contributed by atoms with van der Waals surface area (Å²) in [5.74, 6) is -0.250. The number of ether oxygens (including phenoxy) is 1. The van der Waals surface area contributed by atoms with Crippen LogP contribution in [0, 0.1) is 5.92 Å². The lowest BCUT2D eigenvalue weighted by atomic mass is 10.0. The summed E-state index contributed by atoms with van der Waals surface area (Å²) in [5.41, 5.74) is 3.67. The molecule has 0 spiro atoms. The standard InChI is InChI=1S/C21H17NO3/c1-12(2)11-25-21(24)16-9-5-6-13-10-17-14-7-3-4-8-15(14)20(23)19(17)22-18(13)16/h3-10,12H,11H2,1-2H3. The fourth-order valence-corrected chi connectivity index (χ4v) is 3.11. The van der Waals surface area contributed by atoms with E-state index < -0.39 is 5.97 Å². The Morgan fingerprint density at radius 3 is 2.56 bits per heavy atom. The summed E-state index contributed by atoms with van der Waals surface area (Å²) in [6, 6.07) is 14.8. The first-order chi connectivity index (χ1) is 12.1.